The van der Waals surface area contributed by atoms with Crippen LogP contribution < -0.4 is 5.73 Å². The van der Waals surface area contributed by atoms with Crippen LogP contribution in [0.5, 0.6) is 0 Å². The van der Waals surface area contributed by atoms with Gasteiger partial charge in [-0.3, -0.25) is 4.79 Å². The molecule has 25 heavy (non-hydrogen) atoms. The van der Waals surface area contributed by atoms with Gasteiger partial charge in [0.15, 0.2) is 5.69 Å². The average molecular weight is 427 g/mol. The molecular weight excluding hydrogens is 406 g/mol. The van der Waals surface area contributed by atoms with Gasteiger partial charge in [-0.2, -0.15) is 0 Å². The van der Waals surface area contributed by atoms with E-state index in [0.29, 0.717) is 24.7 Å². The van der Waals surface area contributed by atoms with Gasteiger partial charge < -0.3 is 10.6 Å². The van der Waals surface area contributed by atoms with Gasteiger partial charge in [0.05, 0.1) is 11.4 Å². The maximum absolute atomic E-state index is 12.9. The molecule has 2 heterocycles. The number of benzene rings is 1. The van der Waals surface area contributed by atoms with Crippen LogP contribution in [0.15, 0.2) is 28.7 Å². The molecule has 2 aromatic rings. The normalized spacial score (nSPS) is 18.1. The van der Waals surface area contributed by atoms with Crippen molar-refractivity contribution in [3.8, 4) is 5.69 Å². The van der Waals surface area contributed by atoms with E-state index < -0.39 is 0 Å². The fourth-order valence-corrected chi connectivity index (χ4v) is 3.45. The van der Waals surface area contributed by atoms with Crippen LogP contribution in [0.1, 0.15) is 47.8 Å². The first-order valence-electron chi connectivity index (χ1n) is 8.40. The van der Waals surface area contributed by atoms with E-state index in [1.54, 1.807) is 0 Å². The third-order valence-electron chi connectivity index (χ3n) is 4.77. The van der Waals surface area contributed by atoms with E-state index in [1.807, 2.05) is 33.8 Å². The minimum absolute atomic E-state index is 0. The Morgan fingerprint density at radius 1 is 1.12 bits per heavy atom. The zero-order valence-corrected chi connectivity index (χ0v) is 16.2. The first kappa shape index (κ1) is 18.4. The second-order valence-corrected chi connectivity index (χ2v) is 7.53. The number of amides is 1. The van der Waals surface area contributed by atoms with Crippen LogP contribution in [-0.4, -0.2) is 44.9 Å². The summed E-state index contributed by atoms with van der Waals surface area (Å²) in [6, 6.07) is 8.12. The Balaban J connectivity index is 0.00000182. The Kier molecular flexibility index (Phi) is 5.46. The zero-order chi connectivity index (χ0) is 16.7. The fraction of sp³-hybridized carbons (Fsp3) is 0.471. The molecule has 134 valence electrons. The maximum Gasteiger partial charge on any atom is 0.276 e. The number of halogens is 2. The number of carbonyl (C=O) groups is 1. The number of likely N-dealkylation sites (tertiary alicyclic amines) is 1. The molecule has 1 aliphatic heterocycles. The Morgan fingerprint density at radius 2 is 1.76 bits per heavy atom. The first-order valence-corrected chi connectivity index (χ1v) is 9.19. The number of aromatic nitrogens is 3. The zero-order valence-electron chi connectivity index (χ0n) is 13.8. The van der Waals surface area contributed by atoms with Crippen molar-refractivity contribution in [3.63, 3.8) is 0 Å². The molecule has 8 heteroatoms. The van der Waals surface area contributed by atoms with E-state index in [4.69, 9.17) is 5.73 Å². The number of rotatable bonds is 3. The predicted octanol–water partition coefficient (Wildman–Crippen LogP) is 2.89. The van der Waals surface area contributed by atoms with Crippen molar-refractivity contribution in [2.24, 2.45) is 5.73 Å². The molecule has 1 aromatic heterocycles. The highest BCUT2D eigenvalue weighted by molar-refractivity contribution is 9.10. The molecular formula is C17H21BrClN5O. The van der Waals surface area contributed by atoms with Gasteiger partial charge >= 0.3 is 0 Å². The molecule has 0 unspecified atom stereocenters. The molecule has 1 saturated heterocycles. The second-order valence-electron chi connectivity index (χ2n) is 6.62. The molecule has 4 rings (SSSR count). The van der Waals surface area contributed by atoms with E-state index >= 15 is 0 Å². The van der Waals surface area contributed by atoms with Crippen LogP contribution in [0, 0.1) is 0 Å². The summed E-state index contributed by atoms with van der Waals surface area (Å²) >= 11 is 3.45. The van der Waals surface area contributed by atoms with E-state index in [2.05, 4.69) is 26.2 Å². The average Bonchev–Trinajstić information content (AvgIpc) is 3.34. The predicted molar refractivity (Wildman–Crippen MR) is 101 cm³/mol. The lowest BCUT2D eigenvalue weighted by molar-refractivity contribution is 0.0707. The highest BCUT2D eigenvalue weighted by Gasteiger charge is 2.36. The van der Waals surface area contributed by atoms with Crippen molar-refractivity contribution >= 4 is 34.2 Å². The fourth-order valence-electron chi connectivity index (χ4n) is 3.19. The Labute approximate surface area is 161 Å². The van der Waals surface area contributed by atoms with Crippen LogP contribution in [0.3, 0.4) is 0 Å². The number of piperidine rings is 1. The molecule has 0 radical (unpaired) electrons. The summed E-state index contributed by atoms with van der Waals surface area (Å²) < 4.78 is 2.84. The van der Waals surface area contributed by atoms with Gasteiger partial charge in [-0.1, -0.05) is 21.1 Å². The van der Waals surface area contributed by atoms with Crippen LogP contribution in [-0.2, 0) is 0 Å². The number of nitrogens with two attached hydrogens (primary N) is 1. The minimum Gasteiger partial charge on any atom is -0.337 e. The third kappa shape index (κ3) is 3.73. The lowest BCUT2D eigenvalue weighted by Crippen LogP contribution is -2.43. The highest BCUT2D eigenvalue weighted by Crippen LogP contribution is 2.42. The molecule has 6 nitrogen and oxygen atoms in total. The molecule has 0 atom stereocenters. The van der Waals surface area contributed by atoms with Crippen LogP contribution in [0.2, 0.25) is 0 Å². The van der Waals surface area contributed by atoms with Crippen molar-refractivity contribution < 1.29 is 4.79 Å². The van der Waals surface area contributed by atoms with Crippen LogP contribution in [0.25, 0.3) is 5.69 Å². The first-order chi connectivity index (χ1) is 11.6. The summed E-state index contributed by atoms with van der Waals surface area (Å²) in [5.74, 6) is 0.377. The Bertz CT molecular complexity index is 751. The quantitative estimate of drug-likeness (QED) is 0.818. The lowest BCUT2D eigenvalue weighted by atomic mass is 10.1. The number of hydrogen-bond donors (Lipinski definition) is 1. The van der Waals surface area contributed by atoms with Crippen molar-refractivity contribution in [2.75, 3.05) is 13.1 Å². The number of hydrogen-bond acceptors (Lipinski definition) is 4. The highest BCUT2D eigenvalue weighted by atomic mass is 79.9. The number of nitrogens with zero attached hydrogens (tertiary/aromatic N) is 4. The Hall–Kier alpha value is -1.44. The minimum atomic E-state index is -0.00726. The molecule has 2 fully saturated rings. The largest absolute Gasteiger partial charge is 0.337 e. The SMILES string of the molecule is Cl.NC1CCN(C(=O)c2nnn(-c3ccc(Br)cc3)c2C2CC2)CC1. The van der Waals surface area contributed by atoms with Gasteiger partial charge in [0, 0.05) is 29.5 Å². The van der Waals surface area contributed by atoms with Crippen LogP contribution in [0.4, 0.5) is 0 Å². The molecule has 0 spiro atoms. The van der Waals surface area contributed by atoms with E-state index in [0.717, 1.165) is 41.5 Å². The second kappa shape index (κ2) is 7.43. The molecule has 2 N–H and O–H groups in total. The van der Waals surface area contributed by atoms with Gasteiger partial charge in [-0.15, -0.1) is 17.5 Å². The van der Waals surface area contributed by atoms with Gasteiger partial charge in [-0.25, -0.2) is 4.68 Å². The number of carbonyl (C=O) groups excluding carboxylic acids is 1. The Morgan fingerprint density at radius 3 is 2.36 bits per heavy atom. The van der Waals surface area contributed by atoms with E-state index in [-0.39, 0.29) is 24.4 Å². The summed E-state index contributed by atoms with van der Waals surface area (Å²) in [6.45, 7) is 1.41. The summed E-state index contributed by atoms with van der Waals surface area (Å²) in [6.07, 6.45) is 3.89. The lowest BCUT2D eigenvalue weighted by Gasteiger charge is -2.29. The molecule has 1 aliphatic carbocycles. The van der Waals surface area contributed by atoms with Crippen molar-refractivity contribution in [1.29, 1.82) is 0 Å². The summed E-state index contributed by atoms with van der Waals surface area (Å²) in [5, 5.41) is 8.54. The van der Waals surface area contributed by atoms with Gasteiger partial charge in [0.1, 0.15) is 0 Å². The van der Waals surface area contributed by atoms with Gasteiger partial charge in [-0.05, 0) is 49.9 Å². The monoisotopic (exact) mass is 425 g/mol. The summed E-state index contributed by atoms with van der Waals surface area (Å²) in [5.41, 5.74) is 8.35. The standard InChI is InChI=1S/C17H20BrN5O.ClH/c18-12-3-5-14(6-4-12)23-16(11-1-2-11)15(20-21-23)17(24)22-9-7-13(19)8-10-22;/h3-6,11,13H,1-2,7-10,19H2;1H. The molecule has 1 amide bonds. The van der Waals surface area contributed by atoms with Crippen molar-refractivity contribution in [3.05, 3.63) is 40.1 Å². The maximum atomic E-state index is 12.9. The van der Waals surface area contributed by atoms with Crippen LogP contribution >= 0.6 is 28.3 Å². The summed E-state index contributed by atoms with van der Waals surface area (Å²) in [4.78, 5) is 14.8. The van der Waals surface area contributed by atoms with Crippen molar-refractivity contribution in [2.45, 2.75) is 37.6 Å². The van der Waals surface area contributed by atoms with E-state index in [9.17, 15) is 4.79 Å². The van der Waals surface area contributed by atoms with Gasteiger partial charge in [0.25, 0.3) is 5.91 Å². The molecule has 0 bridgehead atoms. The molecule has 2 aliphatic rings. The third-order valence-corrected chi connectivity index (χ3v) is 5.30. The van der Waals surface area contributed by atoms with Gasteiger partial charge in [0.2, 0.25) is 0 Å². The summed E-state index contributed by atoms with van der Waals surface area (Å²) in [7, 11) is 0. The molecule has 1 aromatic carbocycles. The van der Waals surface area contributed by atoms with Crippen molar-refractivity contribution in [1.82, 2.24) is 19.9 Å². The van der Waals surface area contributed by atoms with E-state index in [1.165, 1.54) is 0 Å². The molecule has 1 saturated carbocycles. The smallest absolute Gasteiger partial charge is 0.276 e. The topological polar surface area (TPSA) is 77.0 Å².